The summed E-state index contributed by atoms with van der Waals surface area (Å²) in [5, 5.41) is 0. The number of rotatable bonds is 2. The van der Waals surface area contributed by atoms with Gasteiger partial charge in [-0.2, -0.15) is 0 Å². The Morgan fingerprint density at radius 2 is 2.06 bits per heavy atom. The third kappa shape index (κ3) is 1.40. The van der Waals surface area contributed by atoms with E-state index >= 15 is 0 Å². The van der Waals surface area contributed by atoms with Crippen LogP contribution in [0.2, 0.25) is 0 Å². The SMILES string of the molecule is CC1C(C)(C)C2CCC=CC2C1(C)CC=O. The van der Waals surface area contributed by atoms with Crippen LogP contribution < -0.4 is 0 Å². The lowest BCUT2D eigenvalue weighted by molar-refractivity contribution is -0.110. The van der Waals surface area contributed by atoms with Crippen molar-refractivity contribution < 1.29 is 4.79 Å². The van der Waals surface area contributed by atoms with Crippen molar-refractivity contribution in [3.05, 3.63) is 12.2 Å². The fourth-order valence-electron chi connectivity index (χ4n) is 4.30. The Hall–Kier alpha value is -0.590. The van der Waals surface area contributed by atoms with E-state index in [0.717, 1.165) is 12.2 Å². The Morgan fingerprint density at radius 3 is 2.69 bits per heavy atom. The molecule has 0 aromatic carbocycles. The lowest BCUT2D eigenvalue weighted by Gasteiger charge is -2.35. The van der Waals surface area contributed by atoms with Crippen molar-refractivity contribution in [1.82, 2.24) is 0 Å². The van der Waals surface area contributed by atoms with Crippen LogP contribution in [0.4, 0.5) is 0 Å². The molecule has 4 unspecified atom stereocenters. The molecular weight excluding hydrogens is 196 g/mol. The molecule has 2 aliphatic carbocycles. The van der Waals surface area contributed by atoms with E-state index < -0.39 is 0 Å². The summed E-state index contributed by atoms with van der Waals surface area (Å²) in [5.41, 5.74) is 0.542. The zero-order chi connectivity index (χ0) is 12.0. The van der Waals surface area contributed by atoms with Crippen molar-refractivity contribution in [2.75, 3.05) is 0 Å². The van der Waals surface area contributed by atoms with Crippen molar-refractivity contribution in [3.63, 3.8) is 0 Å². The number of hydrogen-bond donors (Lipinski definition) is 0. The summed E-state index contributed by atoms with van der Waals surface area (Å²) in [5.74, 6) is 1.98. The maximum Gasteiger partial charge on any atom is 0.120 e. The first-order valence-electron chi connectivity index (χ1n) is 6.55. The summed E-state index contributed by atoms with van der Waals surface area (Å²) < 4.78 is 0. The average molecular weight is 220 g/mol. The van der Waals surface area contributed by atoms with Crippen LogP contribution in [-0.2, 0) is 4.79 Å². The summed E-state index contributed by atoms with van der Waals surface area (Å²) >= 11 is 0. The van der Waals surface area contributed by atoms with E-state index in [1.54, 1.807) is 0 Å². The van der Waals surface area contributed by atoms with Crippen molar-refractivity contribution in [2.45, 2.75) is 47.0 Å². The molecule has 0 heterocycles. The molecule has 1 heteroatoms. The molecule has 0 aromatic heterocycles. The van der Waals surface area contributed by atoms with Crippen LogP contribution in [0.1, 0.15) is 47.0 Å². The molecule has 1 saturated carbocycles. The van der Waals surface area contributed by atoms with Crippen LogP contribution in [0.25, 0.3) is 0 Å². The first kappa shape index (κ1) is 11.9. The minimum Gasteiger partial charge on any atom is -0.303 e. The van der Waals surface area contributed by atoms with Gasteiger partial charge in [0.05, 0.1) is 0 Å². The van der Waals surface area contributed by atoms with E-state index in [1.807, 2.05) is 0 Å². The van der Waals surface area contributed by atoms with Gasteiger partial charge < -0.3 is 4.79 Å². The number of carbonyl (C=O) groups is 1. The molecule has 16 heavy (non-hydrogen) atoms. The zero-order valence-electron chi connectivity index (χ0n) is 11.0. The molecule has 0 spiro atoms. The van der Waals surface area contributed by atoms with Crippen molar-refractivity contribution in [2.24, 2.45) is 28.6 Å². The average Bonchev–Trinajstić information content (AvgIpc) is 2.41. The number of carbonyl (C=O) groups excluding carboxylic acids is 1. The van der Waals surface area contributed by atoms with Gasteiger partial charge in [0, 0.05) is 6.42 Å². The molecule has 0 aromatic rings. The highest BCUT2D eigenvalue weighted by atomic mass is 16.1. The van der Waals surface area contributed by atoms with Gasteiger partial charge >= 0.3 is 0 Å². The minimum absolute atomic E-state index is 0.173. The van der Waals surface area contributed by atoms with Gasteiger partial charge in [-0.25, -0.2) is 0 Å². The first-order valence-corrected chi connectivity index (χ1v) is 6.55. The number of fused-ring (bicyclic) bond motifs is 1. The number of allylic oxidation sites excluding steroid dienone is 2. The second-order valence-electron chi connectivity index (χ2n) is 6.56. The third-order valence-electron chi connectivity index (χ3n) is 5.77. The summed E-state index contributed by atoms with van der Waals surface area (Å²) in [6.07, 6.45) is 9.06. The molecule has 2 aliphatic rings. The lowest BCUT2D eigenvalue weighted by Crippen LogP contribution is -2.30. The molecule has 1 nitrogen and oxygen atoms in total. The van der Waals surface area contributed by atoms with E-state index in [0.29, 0.717) is 23.7 Å². The molecule has 0 bridgehead atoms. The Morgan fingerprint density at radius 1 is 1.38 bits per heavy atom. The summed E-state index contributed by atoms with van der Waals surface area (Å²) in [7, 11) is 0. The van der Waals surface area contributed by atoms with E-state index in [2.05, 4.69) is 39.8 Å². The van der Waals surface area contributed by atoms with Gasteiger partial charge in [0.2, 0.25) is 0 Å². The number of hydrogen-bond acceptors (Lipinski definition) is 1. The highest BCUT2D eigenvalue weighted by Gasteiger charge is 2.58. The molecule has 0 amide bonds. The molecule has 4 atom stereocenters. The quantitative estimate of drug-likeness (QED) is 0.510. The van der Waals surface area contributed by atoms with Gasteiger partial charge in [0.25, 0.3) is 0 Å². The molecule has 0 saturated heterocycles. The molecule has 0 radical (unpaired) electrons. The second kappa shape index (κ2) is 3.72. The number of aldehydes is 1. The van der Waals surface area contributed by atoms with Gasteiger partial charge in [-0.05, 0) is 41.4 Å². The summed E-state index contributed by atoms with van der Waals surface area (Å²) in [6.45, 7) is 9.44. The summed E-state index contributed by atoms with van der Waals surface area (Å²) in [4.78, 5) is 11.0. The highest BCUT2D eigenvalue weighted by molar-refractivity contribution is 5.51. The fourth-order valence-corrected chi connectivity index (χ4v) is 4.30. The molecule has 1 fully saturated rings. The largest absolute Gasteiger partial charge is 0.303 e. The lowest BCUT2D eigenvalue weighted by atomic mass is 9.69. The van der Waals surface area contributed by atoms with Crippen LogP contribution >= 0.6 is 0 Å². The maximum absolute atomic E-state index is 11.0. The topological polar surface area (TPSA) is 17.1 Å². The standard InChI is InChI=1S/C15H24O/c1-11-14(2,3)12-7-5-6-8-13(12)15(11,4)9-10-16/h6,8,10-13H,5,7,9H2,1-4H3. The van der Waals surface area contributed by atoms with E-state index in [9.17, 15) is 4.79 Å². The molecule has 2 rings (SSSR count). The van der Waals surface area contributed by atoms with Crippen molar-refractivity contribution in [1.29, 1.82) is 0 Å². The Balaban J connectivity index is 2.42. The molecule has 90 valence electrons. The maximum atomic E-state index is 11.0. The van der Waals surface area contributed by atoms with Gasteiger partial charge in [-0.3, -0.25) is 0 Å². The molecule has 0 aliphatic heterocycles. The predicted molar refractivity (Wildman–Crippen MR) is 67.1 cm³/mol. The smallest absolute Gasteiger partial charge is 0.120 e. The predicted octanol–water partition coefficient (Wildman–Crippen LogP) is 3.84. The third-order valence-corrected chi connectivity index (χ3v) is 5.77. The van der Waals surface area contributed by atoms with Gasteiger partial charge in [-0.15, -0.1) is 0 Å². The van der Waals surface area contributed by atoms with Crippen LogP contribution in [0, 0.1) is 28.6 Å². The van der Waals surface area contributed by atoms with E-state index in [1.165, 1.54) is 12.8 Å². The Bertz CT molecular complexity index is 315. The van der Waals surface area contributed by atoms with Crippen LogP contribution in [-0.4, -0.2) is 6.29 Å². The second-order valence-corrected chi connectivity index (χ2v) is 6.56. The van der Waals surface area contributed by atoms with Gasteiger partial charge in [0.15, 0.2) is 0 Å². The van der Waals surface area contributed by atoms with Gasteiger partial charge in [-0.1, -0.05) is 39.8 Å². The Kier molecular flexibility index (Phi) is 2.76. The van der Waals surface area contributed by atoms with E-state index in [-0.39, 0.29) is 5.41 Å². The molecular formula is C15H24O. The van der Waals surface area contributed by atoms with Crippen LogP contribution in [0.3, 0.4) is 0 Å². The summed E-state index contributed by atoms with van der Waals surface area (Å²) in [6, 6.07) is 0. The zero-order valence-corrected chi connectivity index (χ0v) is 11.0. The first-order chi connectivity index (χ1) is 7.44. The normalized spacial score (nSPS) is 45.4. The highest BCUT2D eigenvalue weighted by Crippen LogP contribution is 2.64. The van der Waals surface area contributed by atoms with Crippen molar-refractivity contribution >= 4 is 6.29 Å². The van der Waals surface area contributed by atoms with Crippen LogP contribution in [0.15, 0.2) is 12.2 Å². The van der Waals surface area contributed by atoms with Crippen LogP contribution in [0.5, 0.6) is 0 Å². The minimum atomic E-state index is 0.173. The van der Waals surface area contributed by atoms with Crippen molar-refractivity contribution in [3.8, 4) is 0 Å². The monoisotopic (exact) mass is 220 g/mol. The molecule has 0 N–H and O–H groups in total. The Labute approximate surface area is 99.3 Å². The van der Waals surface area contributed by atoms with Gasteiger partial charge in [0.1, 0.15) is 6.29 Å². The van der Waals surface area contributed by atoms with E-state index in [4.69, 9.17) is 0 Å². The fraction of sp³-hybridized carbons (Fsp3) is 0.800.